The number of unbranched alkanes of at least 4 members (excludes halogenated alkanes) is 2. The van der Waals surface area contributed by atoms with Gasteiger partial charge in [-0.1, -0.05) is 80.6 Å². The normalized spacial score (nSPS) is 10.2. The van der Waals surface area contributed by atoms with Crippen LogP contribution < -0.4 is 33.2 Å². The molecule has 0 N–H and O–H groups in total. The van der Waals surface area contributed by atoms with Crippen LogP contribution in [0.2, 0.25) is 0 Å². The average Bonchev–Trinajstić information content (AvgIpc) is 3.46. The molecule has 0 radical (unpaired) electrons. The Hall–Kier alpha value is -9.62. The van der Waals surface area contributed by atoms with E-state index < -0.39 is 23.9 Å². The van der Waals surface area contributed by atoms with E-state index in [9.17, 15) is 19.2 Å². The molecule has 0 amide bonds. The lowest BCUT2D eigenvalue weighted by Gasteiger charge is -2.12. The molecule has 7 aromatic rings. The Morgan fingerprint density at radius 3 is 1.53 bits per heavy atom. The summed E-state index contributed by atoms with van der Waals surface area (Å²) in [6, 6.07) is 43.6. The first kappa shape index (κ1) is 56.7. The van der Waals surface area contributed by atoms with Gasteiger partial charge in [0.1, 0.15) is 40.2 Å². The van der Waals surface area contributed by atoms with Gasteiger partial charge in [-0.2, -0.15) is 4.89 Å². The fourth-order valence-corrected chi connectivity index (χ4v) is 6.86. The lowest BCUT2D eigenvalue weighted by Crippen LogP contribution is -2.09. The molecule has 7 aromatic carbocycles. The Balaban J connectivity index is 0.000000282. The SMILES string of the molecule is C=C=COOCCCCOc1ccc(OC(=O)c2ccc3cc(OC(=O)c4ccc(OCCCCOC(=O)C=C)cc4)ccc3c2)cc1.C=Cc1ccc(OCOc2ccc(OC(=O)c3ccc(C=C)cc3)cc2C)cc1. The fraction of sp³-hybridized carbons (Fsp3) is 0.159. The minimum atomic E-state index is -0.515. The summed E-state index contributed by atoms with van der Waals surface area (Å²) in [7, 11) is 0. The van der Waals surface area contributed by atoms with E-state index in [-0.39, 0.29) is 6.79 Å². The van der Waals surface area contributed by atoms with Crippen molar-refractivity contribution in [2.75, 3.05) is 33.2 Å². The second-order valence-electron chi connectivity index (χ2n) is 16.5. The number of rotatable bonds is 27. The summed E-state index contributed by atoms with van der Waals surface area (Å²) in [4.78, 5) is 58.5. The average molecular weight is 1040 g/mol. The minimum absolute atomic E-state index is 0.0725. The van der Waals surface area contributed by atoms with Gasteiger partial charge in [0.15, 0.2) is 6.26 Å². The molecule has 7 rings (SSSR count). The molecule has 0 aromatic heterocycles. The van der Waals surface area contributed by atoms with Crippen molar-refractivity contribution in [1.29, 1.82) is 0 Å². The van der Waals surface area contributed by atoms with Crippen molar-refractivity contribution in [3.05, 3.63) is 229 Å². The van der Waals surface area contributed by atoms with Crippen molar-refractivity contribution in [3.8, 4) is 40.2 Å². The predicted octanol–water partition coefficient (Wildman–Crippen LogP) is 13.5. The van der Waals surface area contributed by atoms with Crippen LogP contribution >= 0.6 is 0 Å². The molecule has 0 aliphatic rings. The van der Waals surface area contributed by atoms with Gasteiger partial charge in [-0.3, -0.25) is 0 Å². The van der Waals surface area contributed by atoms with E-state index in [1.54, 1.807) is 127 Å². The van der Waals surface area contributed by atoms with Crippen LogP contribution in [0, 0.1) is 6.92 Å². The Bertz CT molecular complexity index is 3140. The molecule has 0 aliphatic carbocycles. The number of hydrogen-bond donors (Lipinski definition) is 0. The van der Waals surface area contributed by atoms with Gasteiger partial charge in [-0.15, -0.1) is 0 Å². The molecule has 394 valence electrons. The van der Waals surface area contributed by atoms with Crippen molar-refractivity contribution >= 4 is 46.8 Å². The van der Waals surface area contributed by atoms with Crippen molar-refractivity contribution in [2.24, 2.45) is 0 Å². The topological polar surface area (TPSA) is 161 Å². The quantitative estimate of drug-likeness (QED) is 0.00551. The van der Waals surface area contributed by atoms with Crippen LogP contribution in [0.15, 0.2) is 196 Å². The summed E-state index contributed by atoms with van der Waals surface area (Å²) >= 11 is 0. The van der Waals surface area contributed by atoms with E-state index in [0.29, 0.717) is 96.2 Å². The first-order chi connectivity index (χ1) is 37.5. The molecule has 0 fully saturated rings. The van der Waals surface area contributed by atoms with E-state index in [1.807, 2.05) is 43.3 Å². The number of carbonyl (C=O) groups is 4. The maximum absolute atomic E-state index is 12.8. The zero-order valence-corrected chi connectivity index (χ0v) is 42.7. The number of esters is 4. The highest BCUT2D eigenvalue weighted by atomic mass is 17.2. The van der Waals surface area contributed by atoms with Crippen molar-refractivity contribution < 1.29 is 66.8 Å². The van der Waals surface area contributed by atoms with E-state index >= 15 is 0 Å². The van der Waals surface area contributed by atoms with Gasteiger partial charge in [0, 0.05) is 6.08 Å². The molecule has 0 saturated carbocycles. The summed E-state index contributed by atoms with van der Waals surface area (Å²) in [5.74, 6) is 1.96. The van der Waals surface area contributed by atoms with Crippen molar-refractivity contribution in [2.45, 2.75) is 32.6 Å². The van der Waals surface area contributed by atoms with Crippen LogP contribution in [-0.4, -0.2) is 57.1 Å². The van der Waals surface area contributed by atoms with E-state index in [0.717, 1.165) is 46.4 Å². The lowest BCUT2D eigenvalue weighted by atomic mass is 10.1. The molecule has 0 saturated heterocycles. The van der Waals surface area contributed by atoms with E-state index in [1.165, 1.54) is 6.26 Å². The Kier molecular flexibility index (Phi) is 22.5. The summed E-state index contributed by atoms with van der Waals surface area (Å²) < 4.78 is 44.1. The number of ether oxygens (including phenoxy) is 8. The number of aryl methyl sites for hydroxylation is 1. The van der Waals surface area contributed by atoms with Gasteiger partial charge in [0.25, 0.3) is 0 Å². The van der Waals surface area contributed by atoms with Crippen LogP contribution in [0.25, 0.3) is 22.9 Å². The van der Waals surface area contributed by atoms with Crippen molar-refractivity contribution in [3.63, 3.8) is 0 Å². The Labute approximate surface area is 447 Å². The highest BCUT2D eigenvalue weighted by Gasteiger charge is 2.14. The van der Waals surface area contributed by atoms with Gasteiger partial charge in [-0.05, 0) is 175 Å². The smallest absolute Gasteiger partial charge is 0.343 e. The van der Waals surface area contributed by atoms with Gasteiger partial charge in [0.05, 0.1) is 43.1 Å². The van der Waals surface area contributed by atoms with Gasteiger partial charge >= 0.3 is 23.9 Å². The first-order valence-corrected chi connectivity index (χ1v) is 24.4. The monoisotopic (exact) mass is 1040 g/mol. The van der Waals surface area contributed by atoms with Crippen LogP contribution in [0.4, 0.5) is 0 Å². The fourth-order valence-electron chi connectivity index (χ4n) is 6.86. The van der Waals surface area contributed by atoms with Gasteiger partial charge in [-0.25, -0.2) is 19.2 Å². The molecule has 0 aliphatic heterocycles. The molecule has 14 nitrogen and oxygen atoms in total. The standard InChI is InChI=1S/C38H36O10.C25H22O4/c1-3-21-45-46-25-8-7-23-43-33-17-19-34(20-18-33)47-38(41)31-10-9-30-27-35(16-13-29(30)26-31)48-37(40)28-11-14-32(15-12-28)42-22-5-6-24-44-36(39)4-2;1-4-19-6-10-21(11-7-19)25(26)29-23-14-15-24(18(3)16-23)28-17-27-22-12-8-20(5-2)9-13-22/h4,9-21,26-27H,1-2,5-8,22-25H2;4-16H,1-2,17H2,3H3. The van der Waals surface area contributed by atoms with Gasteiger partial charge in [0.2, 0.25) is 6.79 Å². The van der Waals surface area contributed by atoms with Crippen molar-refractivity contribution in [1.82, 2.24) is 0 Å². The molecular weight excluding hydrogens is 981 g/mol. The predicted molar refractivity (Wildman–Crippen MR) is 293 cm³/mol. The zero-order valence-electron chi connectivity index (χ0n) is 42.7. The molecule has 0 bridgehead atoms. The molecule has 0 heterocycles. The molecule has 0 atom stereocenters. The van der Waals surface area contributed by atoms with Crippen LogP contribution in [0.3, 0.4) is 0 Å². The molecular formula is C63H58O14. The number of fused-ring (bicyclic) bond motifs is 1. The summed E-state index contributed by atoms with van der Waals surface area (Å²) in [5, 5.41) is 1.57. The Morgan fingerprint density at radius 2 is 0.922 bits per heavy atom. The largest absolute Gasteiger partial charge is 0.494 e. The van der Waals surface area contributed by atoms with E-state index in [4.69, 9.17) is 47.7 Å². The number of carbonyl (C=O) groups excluding carboxylic acids is 4. The lowest BCUT2D eigenvalue weighted by molar-refractivity contribution is -0.249. The molecule has 14 heteroatoms. The molecule has 0 spiro atoms. The second-order valence-corrected chi connectivity index (χ2v) is 16.5. The first-order valence-electron chi connectivity index (χ1n) is 24.4. The number of benzene rings is 7. The third-order valence-corrected chi connectivity index (χ3v) is 11.0. The Morgan fingerprint density at radius 1 is 0.468 bits per heavy atom. The van der Waals surface area contributed by atoms with E-state index in [2.05, 4.69) is 32.0 Å². The maximum atomic E-state index is 12.8. The third-order valence-electron chi connectivity index (χ3n) is 11.0. The van der Waals surface area contributed by atoms with Crippen LogP contribution in [0.5, 0.6) is 40.2 Å². The molecule has 0 unspecified atom stereocenters. The highest BCUT2D eigenvalue weighted by Crippen LogP contribution is 2.27. The maximum Gasteiger partial charge on any atom is 0.343 e. The van der Waals surface area contributed by atoms with Crippen LogP contribution in [0.1, 0.15) is 73.4 Å². The summed E-state index contributed by atoms with van der Waals surface area (Å²) in [5.41, 5.74) is 6.46. The minimum Gasteiger partial charge on any atom is -0.494 e. The second kappa shape index (κ2) is 30.5. The molecule has 77 heavy (non-hydrogen) atoms. The zero-order chi connectivity index (χ0) is 54.6. The van der Waals surface area contributed by atoms with Crippen LogP contribution in [-0.2, 0) is 19.3 Å². The number of hydrogen-bond acceptors (Lipinski definition) is 14. The summed E-state index contributed by atoms with van der Waals surface area (Å²) in [6.07, 6.45) is 8.75. The summed E-state index contributed by atoms with van der Waals surface area (Å²) in [6.45, 7) is 17.8. The third kappa shape index (κ3) is 19.0. The van der Waals surface area contributed by atoms with Gasteiger partial charge < -0.3 is 42.8 Å². The highest BCUT2D eigenvalue weighted by molar-refractivity contribution is 5.97.